The van der Waals surface area contributed by atoms with Gasteiger partial charge in [0.25, 0.3) is 8.32 Å². The topological polar surface area (TPSA) is 43.4 Å². The molecular formula is C37H38O3SSi. The highest BCUT2D eigenvalue weighted by Crippen LogP contribution is 2.39. The normalized spacial score (nSPS) is 13.8. The Morgan fingerprint density at radius 2 is 0.929 bits per heavy atom. The number of hydrogen-bond donors (Lipinski definition) is 0. The number of hydrogen-bond acceptors (Lipinski definition) is 3. The lowest BCUT2D eigenvalue weighted by Gasteiger charge is -2.40. The van der Waals surface area contributed by atoms with Crippen LogP contribution in [0.15, 0.2) is 157 Å². The van der Waals surface area contributed by atoms with Crippen LogP contribution < -0.4 is 15.6 Å². The van der Waals surface area contributed by atoms with E-state index in [0.717, 1.165) is 21.1 Å². The molecule has 0 fully saturated rings. The van der Waals surface area contributed by atoms with Crippen LogP contribution in [-0.2, 0) is 14.3 Å². The zero-order valence-corrected chi connectivity index (χ0v) is 26.2. The van der Waals surface area contributed by atoms with Crippen LogP contribution in [0, 0.1) is 5.41 Å². The van der Waals surface area contributed by atoms with Gasteiger partial charge in [-0.1, -0.05) is 160 Å². The van der Waals surface area contributed by atoms with Crippen LogP contribution in [0.25, 0.3) is 0 Å². The molecular weight excluding hydrogens is 553 g/mol. The first-order valence-corrected chi connectivity index (χ1v) is 17.9. The number of sulfone groups is 1. The van der Waals surface area contributed by atoms with Gasteiger partial charge in [0, 0.05) is 0 Å². The molecule has 0 aromatic heterocycles. The lowest BCUT2D eigenvalue weighted by atomic mass is 9.87. The Hall–Kier alpha value is -3.77. The molecule has 214 valence electrons. The van der Waals surface area contributed by atoms with Gasteiger partial charge in [0.15, 0.2) is 9.84 Å². The third-order valence-electron chi connectivity index (χ3n) is 7.59. The summed E-state index contributed by atoms with van der Waals surface area (Å²) in [5.74, 6) is 0. The monoisotopic (exact) mass is 590 g/mol. The van der Waals surface area contributed by atoms with Gasteiger partial charge in [-0.15, -0.1) is 0 Å². The lowest BCUT2D eigenvalue weighted by Crippen LogP contribution is -2.70. The molecule has 2 atom stereocenters. The molecule has 5 aromatic carbocycles. The van der Waals surface area contributed by atoms with Crippen LogP contribution in [0.3, 0.4) is 0 Å². The van der Waals surface area contributed by atoms with E-state index in [1.165, 1.54) is 0 Å². The Morgan fingerprint density at radius 1 is 0.571 bits per heavy atom. The lowest BCUT2D eigenvalue weighted by molar-refractivity contribution is 0.175. The highest BCUT2D eigenvalue weighted by atomic mass is 32.2. The highest BCUT2D eigenvalue weighted by molar-refractivity contribution is 7.92. The van der Waals surface area contributed by atoms with Gasteiger partial charge in [-0.2, -0.15) is 0 Å². The summed E-state index contributed by atoms with van der Waals surface area (Å²) < 4.78 is 37.0. The molecule has 3 nitrogen and oxygen atoms in total. The zero-order chi connectivity index (χ0) is 29.6. The molecule has 0 heterocycles. The molecule has 0 saturated heterocycles. The van der Waals surface area contributed by atoms with Crippen LogP contribution in [0.4, 0.5) is 0 Å². The van der Waals surface area contributed by atoms with Crippen LogP contribution in [-0.4, -0.2) is 22.0 Å². The Bertz CT molecular complexity index is 1560. The second-order valence-electron chi connectivity index (χ2n) is 11.9. The van der Waals surface area contributed by atoms with E-state index in [1.807, 2.05) is 91.0 Å². The minimum atomic E-state index is -3.80. The predicted molar refractivity (Wildman–Crippen MR) is 176 cm³/mol. The van der Waals surface area contributed by atoms with E-state index in [0.29, 0.717) is 11.3 Å². The summed E-state index contributed by atoms with van der Waals surface area (Å²) in [7, 11) is -7.06. The maximum Gasteiger partial charge on any atom is 0.288 e. The van der Waals surface area contributed by atoms with Crippen LogP contribution in [0.1, 0.15) is 38.9 Å². The zero-order valence-electron chi connectivity index (χ0n) is 24.4. The summed E-state index contributed by atoms with van der Waals surface area (Å²) in [5.41, 5.74) is 0.574. The summed E-state index contributed by atoms with van der Waals surface area (Å²) in [6.45, 7) is 6.29. The summed E-state index contributed by atoms with van der Waals surface area (Å²) in [5, 5.41) is 2.37. The summed E-state index contributed by atoms with van der Waals surface area (Å²) in [6.07, 6.45) is -0.310. The van der Waals surface area contributed by atoms with Gasteiger partial charge in [-0.25, -0.2) is 8.42 Å². The second-order valence-corrected chi connectivity index (χ2v) is 17.4. The average molecular weight is 591 g/mol. The smallest absolute Gasteiger partial charge is 0.288 e. The predicted octanol–water partition coefficient (Wildman–Crippen LogP) is 6.69. The van der Waals surface area contributed by atoms with E-state index in [-0.39, 0.29) is 5.41 Å². The maximum atomic E-state index is 14.7. The van der Waals surface area contributed by atoms with Crippen molar-refractivity contribution in [3.8, 4) is 0 Å². The van der Waals surface area contributed by atoms with Crippen molar-refractivity contribution in [1.29, 1.82) is 0 Å². The molecule has 0 amide bonds. The fraction of sp³-hybridized carbons (Fsp3) is 0.189. The van der Waals surface area contributed by atoms with Crippen molar-refractivity contribution in [3.05, 3.63) is 157 Å². The average Bonchev–Trinajstić information content (AvgIpc) is 3.02. The first-order chi connectivity index (χ1) is 20.2. The molecule has 0 bridgehead atoms. The van der Waals surface area contributed by atoms with E-state index in [2.05, 4.69) is 57.2 Å². The number of rotatable bonds is 10. The van der Waals surface area contributed by atoms with E-state index in [1.54, 1.807) is 24.3 Å². The SMILES string of the molecule is CC(C)(C)C[C@@H]([C@H](O[Si](c1ccccc1)(c1ccccc1)c1ccccc1)c1ccccc1)S(=O)(=O)c1ccccc1. The van der Waals surface area contributed by atoms with Gasteiger partial charge in [0.05, 0.1) is 16.2 Å². The molecule has 0 aliphatic carbocycles. The molecule has 0 saturated carbocycles. The fourth-order valence-electron chi connectivity index (χ4n) is 5.68. The minimum absolute atomic E-state index is 0.278. The molecule has 5 aromatic rings. The van der Waals surface area contributed by atoms with E-state index >= 15 is 0 Å². The maximum absolute atomic E-state index is 14.7. The molecule has 0 aliphatic heterocycles. The molecule has 42 heavy (non-hydrogen) atoms. The minimum Gasteiger partial charge on any atom is -0.396 e. The third kappa shape index (κ3) is 6.34. The molecule has 0 spiro atoms. The first-order valence-electron chi connectivity index (χ1n) is 14.4. The third-order valence-corrected chi connectivity index (χ3v) is 13.8. The van der Waals surface area contributed by atoms with Gasteiger partial charge in [-0.3, -0.25) is 0 Å². The molecule has 0 unspecified atom stereocenters. The summed E-state index contributed by atoms with van der Waals surface area (Å²) >= 11 is 0. The Kier molecular flexibility index (Phi) is 8.93. The van der Waals surface area contributed by atoms with Gasteiger partial charge in [0.1, 0.15) is 0 Å². The Morgan fingerprint density at radius 3 is 1.31 bits per heavy atom. The van der Waals surface area contributed by atoms with E-state index in [4.69, 9.17) is 4.43 Å². The van der Waals surface area contributed by atoms with Crippen molar-refractivity contribution in [2.45, 2.75) is 43.4 Å². The van der Waals surface area contributed by atoms with Crippen molar-refractivity contribution >= 4 is 33.7 Å². The standard InChI is InChI=1S/C37H38O3SSi/c1-37(2,3)29-35(41(38,39)31-21-11-5-12-22-31)36(30-19-9-4-10-20-30)40-42(32-23-13-6-14-24-32,33-25-15-7-16-26-33)34-27-17-8-18-28-34/h4-28,35-36H,29H2,1-3H3/t35-,36+/m0/s1. The van der Waals surface area contributed by atoms with Crippen molar-refractivity contribution in [3.63, 3.8) is 0 Å². The molecule has 0 N–H and O–H groups in total. The molecule has 5 rings (SSSR count). The largest absolute Gasteiger partial charge is 0.396 e. The van der Waals surface area contributed by atoms with Crippen molar-refractivity contribution in [2.75, 3.05) is 0 Å². The van der Waals surface area contributed by atoms with E-state index < -0.39 is 29.5 Å². The van der Waals surface area contributed by atoms with Gasteiger partial charge >= 0.3 is 0 Å². The number of benzene rings is 5. The highest BCUT2D eigenvalue weighted by Gasteiger charge is 2.48. The van der Waals surface area contributed by atoms with Crippen molar-refractivity contribution in [2.24, 2.45) is 5.41 Å². The van der Waals surface area contributed by atoms with Crippen LogP contribution >= 0.6 is 0 Å². The molecule has 5 heteroatoms. The van der Waals surface area contributed by atoms with Gasteiger partial charge in [-0.05, 0) is 45.1 Å². The second kappa shape index (κ2) is 12.6. The van der Waals surface area contributed by atoms with E-state index in [9.17, 15) is 8.42 Å². The molecule has 0 aliphatic rings. The van der Waals surface area contributed by atoms with Gasteiger partial charge in [0.2, 0.25) is 0 Å². The Labute approximate surface area is 251 Å². The first kappa shape index (κ1) is 29.7. The van der Waals surface area contributed by atoms with Gasteiger partial charge < -0.3 is 4.43 Å². The van der Waals surface area contributed by atoms with Crippen LogP contribution in [0.5, 0.6) is 0 Å². The quantitative estimate of drug-likeness (QED) is 0.134. The molecule has 0 radical (unpaired) electrons. The summed E-state index contributed by atoms with van der Waals surface area (Å²) in [6, 6.07) is 49.7. The summed E-state index contributed by atoms with van der Waals surface area (Å²) in [4.78, 5) is 0.315. The van der Waals surface area contributed by atoms with Crippen molar-refractivity contribution < 1.29 is 12.8 Å². The van der Waals surface area contributed by atoms with Crippen LogP contribution in [0.2, 0.25) is 0 Å². The van der Waals surface area contributed by atoms with Crippen molar-refractivity contribution in [1.82, 2.24) is 0 Å². The Balaban J connectivity index is 1.82. The fourth-order valence-corrected chi connectivity index (χ4v) is 12.0.